The summed E-state index contributed by atoms with van der Waals surface area (Å²) in [5.74, 6) is 0. The van der Waals surface area contributed by atoms with Crippen LogP contribution in [0.1, 0.15) is 49.9 Å². The number of benzene rings is 11. The van der Waals surface area contributed by atoms with Crippen molar-refractivity contribution in [1.29, 1.82) is 0 Å². The summed E-state index contributed by atoms with van der Waals surface area (Å²) in [5.41, 5.74) is 28.5. The van der Waals surface area contributed by atoms with Gasteiger partial charge in [0.25, 0.3) is 0 Å². The lowest BCUT2D eigenvalue weighted by Gasteiger charge is -2.28. The van der Waals surface area contributed by atoms with Crippen LogP contribution in [0.5, 0.6) is 0 Å². The summed E-state index contributed by atoms with van der Waals surface area (Å²) in [5, 5.41) is 0. The molecule has 0 aliphatic heterocycles. The molecule has 0 heterocycles. The summed E-state index contributed by atoms with van der Waals surface area (Å²) in [6, 6.07) is 96.4. The molecule has 13 rings (SSSR count). The Balaban J connectivity index is 0.918. The molecule has 0 aromatic heterocycles. The van der Waals surface area contributed by atoms with Gasteiger partial charge in [0.05, 0.1) is 5.69 Å². The standard InChI is InChI=1S/C72H55N/c1-71(2)66-33-15-12-29-61(66)63-45-40-51(47-68(63)71)48-36-41-54(42-37-48)73(69-35-17-14-27-59(69)53-23-18-22-52(46-53)58-26-9-8-24-56(58)49-20-6-5-7-21-49)55-43-38-50(39-44-55)57-25-10-11-28-60(57)64-31-19-32-65-62-30-13-16-34-67(62)72(3,4)70(64)65/h5-47H,1-4H3. The van der Waals surface area contributed by atoms with E-state index in [4.69, 9.17) is 0 Å². The zero-order chi connectivity index (χ0) is 49.3. The van der Waals surface area contributed by atoms with E-state index in [1.165, 1.54) is 100 Å². The number of rotatable bonds is 9. The molecule has 0 fully saturated rings. The van der Waals surface area contributed by atoms with Crippen LogP contribution < -0.4 is 4.90 Å². The van der Waals surface area contributed by atoms with Crippen LogP contribution in [-0.4, -0.2) is 0 Å². The van der Waals surface area contributed by atoms with Crippen molar-refractivity contribution in [1.82, 2.24) is 0 Å². The molecule has 1 heteroatoms. The van der Waals surface area contributed by atoms with E-state index in [1.54, 1.807) is 0 Å². The molecule has 0 N–H and O–H groups in total. The molecule has 0 amide bonds. The summed E-state index contributed by atoms with van der Waals surface area (Å²) in [6.45, 7) is 9.47. The molecule has 0 atom stereocenters. The Morgan fingerprint density at radius 1 is 0.233 bits per heavy atom. The van der Waals surface area contributed by atoms with Gasteiger partial charge in [-0.05, 0) is 148 Å². The van der Waals surface area contributed by atoms with Gasteiger partial charge in [-0.15, -0.1) is 0 Å². The largest absolute Gasteiger partial charge is 0.310 e. The first-order valence-corrected chi connectivity index (χ1v) is 25.7. The molecule has 2 aliphatic rings. The molecule has 73 heavy (non-hydrogen) atoms. The third kappa shape index (κ3) is 7.38. The van der Waals surface area contributed by atoms with Crippen molar-refractivity contribution in [2.45, 2.75) is 38.5 Å². The Morgan fingerprint density at radius 2 is 0.630 bits per heavy atom. The second-order valence-electron chi connectivity index (χ2n) is 20.8. The Hall–Kier alpha value is -8.78. The van der Waals surface area contributed by atoms with Gasteiger partial charge in [0.2, 0.25) is 0 Å². The van der Waals surface area contributed by atoms with Gasteiger partial charge in [-0.25, -0.2) is 0 Å². The zero-order valence-corrected chi connectivity index (χ0v) is 41.8. The van der Waals surface area contributed by atoms with E-state index < -0.39 is 0 Å². The average molecular weight is 934 g/mol. The van der Waals surface area contributed by atoms with Crippen LogP contribution in [0.3, 0.4) is 0 Å². The monoisotopic (exact) mass is 933 g/mol. The third-order valence-corrected chi connectivity index (χ3v) is 15.9. The lowest BCUT2D eigenvalue weighted by Crippen LogP contribution is -2.16. The highest BCUT2D eigenvalue weighted by Crippen LogP contribution is 2.54. The van der Waals surface area contributed by atoms with Gasteiger partial charge in [-0.3, -0.25) is 0 Å². The number of para-hydroxylation sites is 1. The first kappa shape index (κ1) is 44.2. The van der Waals surface area contributed by atoms with Crippen LogP contribution in [0.25, 0.3) is 89.0 Å². The summed E-state index contributed by atoms with van der Waals surface area (Å²) < 4.78 is 0. The van der Waals surface area contributed by atoms with Crippen molar-refractivity contribution < 1.29 is 0 Å². The molecule has 0 saturated carbocycles. The van der Waals surface area contributed by atoms with E-state index in [0.29, 0.717) is 0 Å². The average Bonchev–Trinajstić information content (AvgIpc) is 3.83. The number of fused-ring (bicyclic) bond motifs is 6. The van der Waals surface area contributed by atoms with Gasteiger partial charge in [0.15, 0.2) is 0 Å². The van der Waals surface area contributed by atoms with E-state index in [1.807, 2.05) is 0 Å². The molecule has 0 unspecified atom stereocenters. The lowest BCUT2D eigenvalue weighted by atomic mass is 9.78. The highest BCUT2D eigenvalue weighted by atomic mass is 15.1. The highest BCUT2D eigenvalue weighted by molar-refractivity contribution is 5.95. The van der Waals surface area contributed by atoms with Crippen LogP contribution in [0.2, 0.25) is 0 Å². The molecule has 0 saturated heterocycles. The Bertz CT molecular complexity index is 3890. The zero-order valence-electron chi connectivity index (χ0n) is 41.8. The smallest absolute Gasteiger partial charge is 0.0540 e. The second-order valence-corrected chi connectivity index (χ2v) is 20.8. The topological polar surface area (TPSA) is 3.24 Å². The minimum atomic E-state index is -0.128. The summed E-state index contributed by atoms with van der Waals surface area (Å²) in [7, 11) is 0. The SMILES string of the molecule is CC1(C)c2ccccc2-c2ccc(-c3ccc(N(c4ccc(-c5ccccc5-c5cccc6c5C(C)(C)c5ccccc5-6)cc4)c4ccccc4-c4cccc(-c5ccccc5-c5ccccc5)c4)cc3)cc21. The number of hydrogen-bond acceptors (Lipinski definition) is 1. The molecular formula is C72H55N. The fraction of sp³-hybridized carbons (Fsp3) is 0.0833. The van der Waals surface area contributed by atoms with Crippen molar-refractivity contribution in [3.8, 4) is 89.0 Å². The fourth-order valence-electron chi connectivity index (χ4n) is 12.3. The van der Waals surface area contributed by atoms with Gasteiger partial charge >= 0.3 is 0 Å². The van der Waals surface area contributed by atoms with Crippen molar-refractivity contribution in [3.05, 3.63) is 283 Å². The Kier molecular flexibility index (Phi) is 10.6. The van der Waals surface area contributed by atoms with E-state index in [9.17, 15) is 0 Å². The van der Waals surface area contributed by atoms with Gasteiger partial charge in [-0.1, -0.05) is 246 Å². The van der Waals surface area contributed by atoms with Crippen LogP contribution in [0.4, 0.5) is 17.1 Å². The fourth-order valence-corrected chi connectivity index (χ4v) is 12.3. The van der Waals surface area contributed by atoms with Crippen LogP contribution in [0.15, 0.2) is 261 Å². The van der Waals surface area contributed by atoms with Crippen LogP contribution in [-0.2, 0) is 10.8 Å². The first-order chi connectivity index (χ1) is 35.7. The molecule has 11 aromatic rings. The van der Waals surface area contributed by atoms with E-state index >= 15 is 0 Å². The first-order valence-electron chi connectivity index (χ1n) is 25.7. The summed E-state index contributed by atoms with van der Waals surface area (Å²) >= 11 is 0. The quantitative estimate of drug-likeness (QED) is 0.139. The van der Waals surface area contributed by atoms with E-state index in [0.717, 1.165) is 28.2 Å². The van der Waals surface area contributed by atoms with E-state index in [-0.39, 0.29) is 10.8 Å². The predicted molar refractivity (Wildman–Crippen MR) is 309 cm³/mol. The van der Waals surface area contributed by atoms with Gasteiger partial charge in [-0.2, -0.15) is 0 Å². The van der Waals surface area contributed by atoms with E-state index in [2.05, 4.69) is 293 Å². The highest BCUT2D eigenvalue weighted by Gasteiger charge is 2.38. The lowest BCUT2D eigenvalue weighted by molar-refractivity contribution is 0.660. The van der Waals surface area contributed by atoms with Gasteiger partial charge < -0.3 is 4.90 Å². The molecule has 0 spiro atoms. The predicted octanol–water partition coefficient (Wildman–Crippen LogP) is 19.8. The normalized spacial score (nSPS) is 13.4. The summed E-state index contributed by atoms with van der Waals surface area (Å²) in [4.78, 5) is 2.44. The Labute approximate surface area is 430 Å². The van der Waals surface area contributed by atoms with Crippen LogP contribution >= 0.6 is 0 Å². The number of nitrogens with zero attached hydrogens (tertiary/aromatic N) is 1. The minimum absolute atomic E-state index is 0.0699. The maximum absolute atomic E-state index is 2.44. The maximum Gasteiger partial charge on any atom is 0.0540 e. The van der Waals surface area contributed by atoms with Crippen molar-refractivity contribution in [2.24, 2.45) is 0 Å². The van der Waals surface area contributed by atoms with Gasteiger partial charge in [0.1, 0.15) is 0 Å². The van der Waals surface area contributed by atoms with Crippen LogP contribution in [0, 0.1) is 0 Å². The third-order valence-electron chi connectivity index (χ3n) is 15.9. The molecular weight excluding hydrogens is 879 g/mol. The van der Waals surface area contributed by atoms with Crippen molar-refractivity contribution >= 4 is 17.1 Å². The molecule has 2 aliphatic carbocycles. The second kappa shape index (κ2) is 17.5. The molecule has 1 nitrogen and oxygen atoms in total. The minimum Gasteiger partial charge on any atom is -0.310 e. The number of hydrogen-bond donors (Lipinski definition) is 0. The summed E-state index contributed by atoms with van der Waals surface area (Å²) in [6.07, 6.45) is 0. The molecule has 0 radical (unpaired) electrons. The molecule has 11 aromatic carbocycles. The maximum atomic E-state index is 2.44. The molecule has 348 valence electrons. The van der Waals surface area contributed by atoms with Crippen molar-refractivity contribution in [3.63, 3.8) is 0 Å². The molecule has 0 bridgehead atoms. The number of anilines is 3. The van der Waals surface area contributed by atoms with Gasteiger partial charge in [0, 0.05) is 27.8 Å². The Morgan fingerprint density at radius 3 is 1.29 bits per heavy atom. The van der Waals surface area contributed by atoms with Crippen molar-refractivity contribution in [2.75, 3.05) is 4.90 Å².